The van der Waals surface area contributed by atoms with Crippen molar-refractivity contribution in [3.05, 3.63) is 72.4 Å². The predicted molar refractivity (Wildman–Crippen MR) is 120 cm³/mol. The lowest BCUT2D eigenvalue weighted by atomic mass is 9.98. The second-order valence-electron chi connectivity index (χ2n) is 7.20. The molecule has 0 bridgehead atoms. The summed E-state index contributed by atoms with van der Waals surface area (Å²) < 4.78 is 33.2. The Morgan fingerprint density at radius 2 is 1.75 bits per heavy atom. The molecule has 2 N–H and O–H groups in total. The zero-order chi connectivity index (χ0) is 22.6. The third kappa shape index (κ3) is 4.66. The van der Waals surface area contributed by atoms with Crippen LogP contribution in [0.2, 0.25) is 0 Å². The molecule has 0 unspecified atom stereocenters. The van der Waals surface area contributed by atoms with Crippen LogP contribution in [0.1, 0.15) is 18.9 Å². The molecule has 0 radical (unpaired) electrons. The molecule has 10 heteroatoms. The van der Waals surface area contributed by atoms with Crippen LogP contribution in [-0.2, 0) is 16.7 Å². The largest absolute Gasteiger partial charge is 0.351 e. The monoisotopic (exact) mass is 450 g/mol. The number of benzene rings is 2. The fourth-order valence-corrected chi connectivity index (χ4v) is 4.23. The van der Waals surface area contributed by atoms with Gasteiger partial charge in [0.2, 0.25) is 5.82 Å². The zero-order valence-electron chi connectivity index (χ0n) is 17.4. The highest BCUT2D eigenvalue weighted by Gasteiger charge is 2.21. The predicted octanol–water partition coefficient (Wildman–Crippen LogP) is 3.59. The van der Waals surface area contributed by atoms with Gasteiger partial charge in [0.1, 0.15) is 10.7 Å². The van der Waals surface area contributed by atoms with Crippen molar-refractivity contribution in [2.75, 3.05) is 11.4 Å². The number of aromatic amines is 1. The van der Waals surface area contributed by atoms with Gasteiger partial charge in [-0.1, -0.05) is 55.5 Å². The first-order valence-electron chi connectivity index (χ1n) is 10.1. The number of nitrogens with zero attached hydrogens (tertiary/aromatic N) is 5. The molecule has 2 aromatic heterocycles. The second kappa shape index (κ2) is 9.25. The van der Waals surface area contributed by atoms with Crippen molar-refractivity contribution in [3.8, 4) is 22.5 Å². The number of rotatable bonds is 8. The highest BCUT2D eigenvalue weighted by molar-refractivity contribution is 7.86. The summed E-state index contributed by atoms with van der Waals surface area (Å²) in [5.41, 5.74) is 3.82. The van der Waals surface area contributed by atoms with Crippen molar-refractivity contribution >= 4 is 15.9 Å². The molecule has 0 aliphatic heterocycles. The van der Waals surface area contributed by atoms with E-state index in [1.54, 1.807) is 0 Å². The number of H-pyrrole nitrogens is 1. The second-order valence-corrected chi connectivity index (χ2v) is 8.59. The summed E-state index contributed by atoms with van der Waals surface area (Å²) in [6, 6.07) is 18.6. The smallest absolute Gasteiger partial charge is 0.298 e. The third-order valence-corrected chi connectivity index (χ3v) is 5.85. The molecule has 0 spiro atoms. The summed E-state index contributed by atoms with van der Waals surface area (Å²) in [7, 11) is -4.38. The number of pyridine rings is 1. The molecule has 4 aromatic rings. The Morgan fingerprint density at radius 1 is 1.00 bits per heavy atom. The van der Waals surface area contributed by atoms with Crippen molar-refractivity contribution in [2.24, 2.45) is 0 Å². The van der Waals surface area contributed by atoms with E-state index in [9.17, 15) is 13.0 Å². The molecule has 0 saturated carbocycles. The average molecular weight is 451 g/mol. The Balaban J connectivity index is 1.63. The molecule has 0 aliphatic carbocycles. The molecular weight excluding hydrogens is 428 g/mol. The van der Waals surface area contributed by atoms with Gasteiger partial charge in [0, 0.05) is 24.8 Å². The quantitative estimate of drug-likeness (QED) is 0.390. The summed E-state index contributed by atoms with van der Waals surface area (Å²) in [5.74, 6) is 0.759. The molecule has 2 aromatic carbocycles. The van der Waals surface area contributed by atoms with E-state index in [0.717, 1.165) is 28.7 Å². The first-order chi connectivity index (χ1) is 15.5. The number of hydrogen-bond acceptors (Lipinski definition) is 7. The number of hydrogen-bond donors (Lipinski definition) is 2. The van der Waals surface area contributed by atoms with Crippen LogP contribution in [0.5, 0.6) is 0 Å². The summed E-state index contributed by atoms with van der Waals surface area (Å²) in [4.78, 5) is 5.89. The van der Waals surface area contributed by atoms with Crippen molar-refractivity contribution < 1.29 is 13.0 Å². The van der Waals surface area contributed by atoms with Gasteiger partial charge >= 0.3 is 0 Å². The standard InChI is InChI=1S/C22H22N6O3S/c1-2-14-28(22-20(32(29,30)31)8-5-13-23-22)15-16-9-11-17(12-10-16)18-6-3-4-7-19(18)21-24-26-27-25-21/h3-13H,2,14-15H2,1H3,(H,29,30,31)(H,24,25,26,27). The van der Waals surface area contributed by atoms with Crippen LogP contribution in [0.3, 0.4) is 0 Å². The summed E-state index contributed by atoms with van der Waals surface area (Å²) in [6.45, 7) is 3.03. The van der Waals surface area contributed by atoms with E-state index in [1.165, 1.54) is 18.3 Å². The SMILES string of the molecule is CCCN(Cc1ccc(-c2ccccc2-c2nn[nH]n2)cc1)c1ncccc1S(=O)(=O)O. The lowest BCUT2D eigenvalue weighted by Gasteiger charge is -2.25. The summed E-state index contributed by atoms with van der Waals surface area (Å²) in [6.07, 6.45) is 2.31. The van der Waals surface area contributed by atoms with Gasteiger partial charge in [0.05, 0.1) is 0 Å². The van der Waals surface area contributed by atoms with Crippen molar-refractivity contribution in [1.82, 2.24) is 25.6 Å². The first kappa shape index (κ1) is 21.6. The van der Waals surface area contributed by atoms with Crippen LogP contribution in [-0.4, -0.2) is 45.1 Å². The molecule has 0 amide bonds. The van der Waals surface area contributed by atoms with Crippen molar-refractivity contribution in [3.63, 3.8) is 0 Å². The molecule has 0 fully saturated rings. The van der Waals surface area contributed by atoms with Crippen molar-refractivity contribution in [2.45, 2.75) is 24.8 Å². The van der Waals surface area contributed by atoms with Gasteiger partial charge in [-0.3, -0.25) is 4.55 Å². The van der Waals surface area contributed by atoms with Crippen LogP contribution in [0, 0.1) is 0 Å². The molecule has 0 atom stereocenters. The van der Waals surface area contributed by atoms with E-state index in [0.29, 0.717) is 18.9 Å². The molecule has 32 heavy (non-hydrogen) atoms. The van der Waals surface area contributed by atoms with E-state index in [1.807, 2.05) is 60.4 Å². The number of nitrogens with one attached hydrogen (secondary N) is 1. The fourth-order valence-electron chi connectivity index (χ4n) is 3.57. The minimum absolute atomic E-state index is 0.195. The van der Waals surface area contributed by atoms with E-state index < -0.39 is 10.1 Å². The minimum Gasteiger partial charge on any atom is -0.351 e. The van der Waals surface area contributed by atoms with E-state index in [4.69, 9.17) is 0 Å². The molecule has 0 aliphatic rings. The Kier molecular flexibility index (Phi) is 6.24. The molecule has 164 valence electrons. The van der Waals surface area contributed by atoms with E-state index in [2.05, 4.69) is 25.6 Å². The zero-order valence-corrected chi connectivity index (χ0v) is 18.2. The van der Waals surface area contributed by atoms with Gasteiger partial charge in [0.15, 0.2) is 0 Å². The van der Waals surface area contributed by atoms with Gasteiger partial charge in [0.25, 0.3) is 10.1 Å². The van der Waals surface area contributed by atoms with Crippen LogP contribution < -0.4 is 4.90 Å². The minimum atomic E-state index is -4.38. The summed E-state index contributed by atoms with van der Waals surface area (Å²) in [5, 5.41) is 14.3. The van der Waals surface area contributed by atoms with Crippen LogP contribution >= 0.6 is 0 Å². The van der Waals surface area contributed by atoms with Crippen LogP contribution in [0.25, 0.3) is 22.5 Å². The molecule has 9 nitrogen and oxygen atoms in total. The Hall–Kier alpha value is -3.63. The molecule has 2 heterocycles. The van der Waals surface area contributed by atoms with Crippen LogP contribution in [0.4, 0.5) is 5.82 Å². The Morgan fingerprint density at radius 3 is 2.41 bits per heavy atom. The maximum Gasteiger partial charge on any atom is 0.298 e. The number of tetrazole rings is 1. The molecule has 4 rings (SSSR count). The van der Waals surface area contributed by atoms with Crippen LogP contribution in [0.15, 0.2) is 71.8 Å². The molecular formula is C22H22N6O3S. The lowest BCUT2D eigenvalue weighted by Crippen LogP contribution is -2.26. The lowest BCUT2D eigenvalue weighted by molar-refractivity contribution is 0.482. The first-order valence-corrected chi connectivity index (χ1v) is 11.5. The van der Waals surface area contributed by atoms with E-state index in [-0.39, 0.29) is 10.7 Å². The van der Waals surface area contributed by atoms with Gasteiger partial charge in [-0.2, -0.15) is 13.6 Å². The topological polar surface area (TPSA) is 125 Å². The molecule has 0 saturated heterocycles. The highest BCUT2D eigenvalue weighted by Crippen LogP contribution is 2.30. The average Bonchev–Trinajstić information content (AvgIpc) is 3.34. The maximum absolute atomic E-state index is 11.8. The summed E-state index contributed by atoms with van der Waals surface area (Å²) >= 11 is 0. The van der Waals surface area contributed by atoms with Crippen molar-refractivity contribution in [1.29, 1.82) is 0 Å². The van der Waals surface area contributed by atoms with Gasteiger partial charge in [-0.25, -0.2) is 4.98 Å². The highest BCUT2D eigenvalue weighted by atomic mass is 32.2. The maximum atomic E-state index is 11.8. The Bertz CT molecular complexity index is 1290. The normalized spacial score (nSPS) is 11.4. The van der Waals surface area contributed by atoms with Gasteiger partial charge in [-0.15, -0.1) is 10.2 Å². The van der Waals surface area contributed by atoms with Gasteiger partial charge < -0.3 is 4.90 Å². The number of anilines is 1. The van der Waals surface area contributed by atoms with E-state index >= 15 is 0 Å². The number of aromatic nitrogens is 5. The fraction of sp³-hybridized carbons (Fsp3) is 0.182. The van der Waals surface area contributed by atoms with Gasteiger partial charge in [-0.05, 0) is 40.5 Å². The Labute approximate surface area is 185 Å². The third-order valence-electron chi connectivity index (χ3n) is 4.97.